The van der Waals surface area contributed by atoms with Gasteiger partial charge in [0.25, 0.3) is 0 Å². The molecule has 4 nitrogen and oxygen atoms in total. The average molecular weight is 270 g/mol. The molecule has 1 unspecified atom stereocenters. The van der Waals surface area contributed by atoms with Crippen molar-refractivity contribution in [3.05, 3.63) is 47.5 Å². The van der Waals surface area contributed by atoms with Gasteiger partial charge in [-0.15, -0.1) is 0 Å². The topological polar surface area (TPSA) is 67.6 Å². The fourth-order valence-electron chi connectivity index (χ4n) is 2.93. The molecule has 1 heterocycles. The first kappa shape index (κ1) is 13.3. The molecular formula is C16H22N4. The molecule has 0 saturated heterocycles. The standard InChI is InChI=1S/C16H22N4/c17-14(11-10-12-6-2-1-3-7-12)16-18-15(19-20-16)13-8-4-5-9-13/h1-3,6-7,13-14H,4-5,8-11,17H2,(H,18,19,20). The Morgan fingerprint density at radius 2 is 1.95 bits per heavy atom. The van der Waals surface area contributed by atoms with Crippen LogP contribution in [0.5, 0.6) is 0 Å². The molecule has 0 spiro atoms. The molecule has 1 atom stereocenters. The fourth-order valence-corrected chi connectivity index (χ4v) is 2.93. The first-order valence-electron chi connectivity index (χ1n) is 7.54. The van der Waals surface area contributed by atoms with Crippen molar-refractivity contribution in [2.45, 2.75) is 50.5 Å². The number of hydrogen-bond donors (Lipinski definition) is 2. The van der Waals surface area contributed by atoms with Crippen LogP contribution in [0.3, 0.4) is 0 Å². The molecule has 0 aliphatic heterocycles. The second-order valence-corrected chi connectivity index (χ2v) is 5.69. The largest absolute Gasteiger partial charge is 0.321 e. The van der Waals surface area contributed by atoms with Gasteiger partial charge in [-0.3, -0.25) is 5.10 Å². The number of H-pyrrole nitrogens is 1. The highest BCUT2D eigenvalue weighted by Crippen LogP contribution is 2.32. The van der Waals surface area contributed by atoms with Gasteiger partial charge in [0.2, 0.25) is 0 Å². The molecule has 1 aliphatic carbocycles. The van der Waals surface area contributed by atoms with Crippen molar-refractivity contribution < 1.29 is 0 Å². The van der Waals surface area contributed by atoms with Gasteiger partial charge in [0, 0.05) is 5.92 Å². The minimum Gasteiger partial charge on any atom is -0.321 e. The van der Waals surface area contributed by atoms with Gasteiger partial charge in [-0.25, -0.2) is 4.98 Å². The van der Waals surface area contributed by atoms with Crippen molar-refractivity contribution in [1.82, 2.24) is 15.2 Å². The third-order valence-corrected chi connectivity index (χ3v) is 4.18. The van der Waals surface area contributed by atoms with E-state index in [1.54, 1.807) is 0 Å². The number of benzene rings is 1. The average Bonchev–Trinajstić information content (AvgIpc) is 3.16. The summed E-state index contributed by atoms with van der Waals surface area (Å²) in [5.41, 5.74) is 7.52. The number of nitrogens with zero attached hydrogens (tertiary/aromatic N) is 2. The SMILES string of the molecule is NC(CCc1ccccc1)c1n[nH]c(C2CCCC2)n1. The zero-order chi connectivity index (χ0) is 13.8. The Balaban J connectivity index is 1.58. The van der Waals surface area contributed by atoms with Crippen LogP contribution in [0.15, 0.2) is 30.3 Å². The predicted molar refractivity (Wildman–Crippen MR) is 79.3 cm³/mol. The van der Waals surface area contributed by atoms with Gasteiger partial charge in [-0.05, 0) is 31.2 Å². The van der Waals surface area contributed by atoms with Gasteiger partial charge in [-0.2, -0.15) is 5.10 Å². The van der Waals surface area contributed by atoms with E-state index in [-0.39, 0.29) is 6.04 Å². The van der Waals surface area contributed by atoms with E-state index >= 15 is 0 Å². The molecule has 1 saturated carbocycles. The Bertz CT molecular complexity index is 528. The molecule has 1 aliphatic rings. The summed E-state index contributed by atoms with van der Waals surface area (Å²) in [6.45, 7) is 0. The molecule has 3 rings (SSSR count). The van der Waals surface area contributed by atoms with Gasteiger partial charge in [0.1, 0.15) is 5.82 Å². The number of nitrogens with two attached hydrogens (primary N) is 1. The quantitative estimate of drug-likeness (QED) is 0.877. The van der Waals surface area contributed by atoms with E-state index < -0.39 is 0 Å². The van der Waals surface area contributed by atoms with Gasteiger partial charge in [0.05, 0.1) is 6.04 Å². The van der Waals surface area contributed by atoms with E-state index in [9.17, 15) is 0 Å². The summed E-state index contributed by atoms with van der Waals surface area (Å²) in [6, 6.07) is 10.3. The van der Waals surface area contributed by atoms with Crippen molar-refractivity contribution in [3.63, 3.8) is 0 Å². The molecule has 2 aromatic rings. The number of aromatic nitrogens is 3. The first-order chi connectivity index (χ1) is 9.83. The summed E-state index contributed by atoms with van der Waals surface area (Å²) in [7, 11) is 0. The minimum atomic E-state index is -0.0818. The summed E-state index contributed by atoms with van der Waals surface area (Å²) >= 11 is 0. The molecule has 0 bridgehead atoms. The molecule has 1 aromatic carbocycles. The lowest BCUT2D eigenvalue weighted by atomic mass is 10.1. The number of nitrogens with one attached hydrogen (secondary N) is 1. The van der Waals surface area contributed by atoms with Crippen molar-refractivity contribution in [2.24, 2.45) is 5.73 Å². The number of hydrogen-bond acceptors (Lipinski definition) is 3. The smallest absolute Gasteiger partial charge is 0.167 e. The Morgan fingerprint density at radius 3 is 2.70 bits per heavy atom. The zero-order valence-corrected chi connectivity index (χ0v) is 11.8. The molecule has 1 aromatic heterocycles. The number of rotatable bonds is 5. The Morgan fingerprint density at radius 1 is 1.20 bits per heavy atom. The summed E-state index contributed by atoms with van der Waals surface area (Å²) in [5, 5.41) is 7.40. The highest BCUT2D eigenvalue weighted by Gasteiger charge is 2.22. The van der Waals surface area contributed by atoms with E-state index in [1.807, 2.05) is 6.07 Å². The van der Waals surface area contributed by atoms with Gasteiger partial charge >= 0.3 is 0 Å². The normalized spacial score (nSPS) is 17.4. The minimum absolute atomic E-state index is 0.0818. The van der Waals surface area contributed by atoms with Crippen LogP contribution in [0.4, 0.5) is 0 Å². The van der Waals surface area contributed by atoms with Crippen LogP contribution in [0.25, 0.3) is 0 Å². The van der Waals surface area contributed by atoms with Crippen molar-refractivity contribution in [3.8, 4) is 0 Å². The molecule has 20 heavy (non-hydrogen) atoms. The first-order valence-corrected chi connectivity index (χ1v) is 7.54. The van der Waals surface area contributed by atoms with E-state index in [4.69, 9.17) is 5.73 Å². The molecule has 0 amide bonds. The van der Waals surface area contributed by atoms with Crippen LogP contribution >= 0.6 is 0 Å². The molecule has 0 radical (unpaired) electrons. The van der Waals surface area contributed by atoms with E-state index in [2.05, 4.69) is 39.4 Å². The lowest BCUT2D eigenvalue weighted by Gasteiger charge is -2.07. The van der Waals surface area contributed by atoms with Gasteiger partial charge in [0.15, 0.2) is 5.82 Å². The van der Waals surface area contributed by atoms with Crippen molar-refractivity contribution in [2.75, 3.05) is 0 Å². The van der Waals surface area contributed by atoms with Crippen LogP contribution < -0.4 is 5.73 Å². The molecular weight excluding hydrogens is 248 g/mol. The lowest BCUT2D eigenvalue weighted by Crippen LogP contribution is -2.13. The molecule has 4 heteroatoms. The van der Waals surface area contributed by atoms with E-state index in [1.165, 1.54) is 31.2 Å². The van der Waals surface area contributed by atoms with Crippen LogP contribution in [-0.2, 0) is 6.42 Å². The maximum atomic E-state index is 6.21. The second-order valence-electron chi connectivity index (χ2n) is 5.69. The van der Waals surface area contributed by atoms with Crippen molar-refractivity contribution >= 4 is 0 Å². The lowest BCUT2D eigenvalue weighted by molar-refractivity contribution is 0.612. The van der Waals surface area contributed by atoms with Crippen LogP contribution in [0.2, 0.25) is 0 Å². The third-order valence-electron chi connectivity index (χ3n) is 4.18. The summed E-state index contributed by atoms with van der Waals surface area (Å²) < 4.78 is 0. The number of aryl methyl sites for hydroxylation is 1. The van der Waals surface area contributed by atoms with E-state index in [0.29, 0.717) is 5.92 Å². The Kier molecular flexibility index (Phi) is 4.11. The summed E-state index contributed by atoms with van der Waals surface area (Å²) in [6.07, 6.45) is 6.92. The van der Waals surface area contributed by atoms with E-state index in [0.717, 1.165) is 24.5 Å². The highest BCUT2D eigenvalue weighted by molar-refractivity contribution is 5.15. The second kappa shape index (κ2) is 6.18. The maximum absolute atomic E-state index is 6.21. The number of aromatic amines is 1. The fraction of sp³-hybridized carbons (Fsp3) is 0.500. The van der Waals surface area contributed by atoms with Gasteiger partial charge in [-0.1, -0.05) is 43.2 Å². The third kappa shape index (κ3) is 3.07. The van der Waals surface area contributed by atoms with Crippen LogP contribution in [-0.4, -0.2) is 15.2 Å². The molecule has 3 N–H and O–H groups in total. The maximum Gasteiger partial charge on any atom is 0.167 e. The highest BCUT2D eigenvalue weighted by atomic mass is 15.2. The summed E-state index contributed by atoms with van der Waals surface area (Å²) in [5.74, 6) is 2.37. The van der Waals surface area contributed by atoms with Crippen LogP contribution in [0.1, 0.15) is 61.3 Å². The predicted octanol–water partition coefficient (Wildman–Crippen LogP) is 3.09. The molecule has 1 fully saturated rings. The molecule has 106 valence electrons. The monoisotopic (exact) mass is 270 g/mol. The summed E-state index contributed by atoms with van der Waals surface area (Å²) in [4.78, 5) is 4.61. The zero-order valence-electron chi connectivity index (χ0n) is 11.8. The van der Waals surface area contributed by atoms with Crippen molar-refractivity contribution in [1.29, 1.82) is 0 Å². The Hall–Kier alpha value is -1.68. The van der Waals surface area contributed by atoms with Crippen LogP contribution in [0, 0.1) is 0 Å². The Labute approximate surface area is 119 Å². The van der Waals surface area contributed by atoms with Gasteiger partial charge < -0.3 is 5.73 Å².